The van der Waals surface area contributed by atoms with Crippen molar-refractivity contribution in [2.75, 3.05) is 25.1 Å². The van der Waals surface area contributed by atoms with E-state index in [0.29, 0.717) is 22.9 Å². The van der Waals surface area contributed by atoms with Crippen molar-refractivity contribution in [1.29, 1.82) is 0 Å². The van der Waals surface area contributed by atoms with Crippen LogP contribution in [0, 0.1) is 5.82 Å². The molecule has 1 atom stereocenters. The number of anilines is 1. The second kappa shape index (κ2) is 10.3. The maximum Gasteiger partial charge on any atom is 0.251 e. The first kappa shape index (κ1) is 22.5. The Labute approximate surface area is 190 Å². The molecule has 2 aromatic heterocycles. The zero-order chi connectivity index (χ0) is 22.5. The van der Waals surface area contributed by atoms with E-state index < -0.39 is 11.9 Å². The van der Waals surface area contributed by atoms with Gasteiger partial charge in [0.2, 0.25) is 0 Å². The predicted octanol–water partition coefficient (Wildman–Crippen LogP) is 4.27. The van der Waals surface area contributed by atoms with Crippen molar-refractivity contribution in [2.24, 2.45) is 0 Å². The number of aromatic nitrogens is 2. The van der Waals surface area contributed by atoms with Crippen molar-refractivity contribution in [2.45, 2.75) is 31.3 Å². The number of pyridine rings is 2. The SMILES string of the molecule is O=c1cc(-c2cccc(NC3CCOCC3)n2)ccn1C(CCO)c1ccc(Cl)c(F)c1. The summed E-state index contributed by atoms with van der Waals surface area (Å²) in [5.41, 5.74) is 1.67. The van der Waals surface area contributed by atoms with E-state index in [1.54, 1.807) is 18.3 Å². The second-order valence-electron chi connectivity index (χ2n) is 7.80. The van der Waals surface area contributed by atoms with Crippen LogP contribution in [0.3, 0.4) is 0 Å². The minimum absolute atomic E-state index is 0.0134. The molecule has 1 saturated heterocycles. The number of ether oxygens (including phenoxy) is 1. The Morgan fingerprint density at radius 3 is 2.75 bits per heavy atom. The molecule has 1 aliphatic rings. The Morgan fingerprint density at radius 2 is 2.03 bits per heavy atom. The summed E-state index contributed by atoms with van der Waals surface area (Å²) in [7, 11) is 0. The minimum Gasteiger partial charge on any atom is -0.396 e. The number of hydrogen-bond donors (Lipinski definition) is 2. The van der Waals surface area contributed by atoms with E-state index in [0.717, 1.165) is 31.9 Å². The fourth-order valence-corrected chi connectivity index (χ4v) is 4.06. The lowest BCUT2D eigenvalue weighted by Gasteiger charge is -2.23. The Morgan fingerprint density at radius 1 is 1.22 bits per heavy atom. The van der Waals surface area contributed by atoms with Crippen LogP contribution in [-0.4, -0.2) is 40.5 Å². The van der Waals surface area contributed by atoms with Gasteiger partial charge in [0.05, 0.1) is 16.8 Å². The number of halogens is 2. The van der Waals surface area contributed by atoms with Gasteiger partial charge >= 0.3 is 0 Å². The first-order valence-electron chi connectivity index (χ1n) is 10.6. The molecule has 8 heteroatoms. The molecule has 0 aliphatic carbocycles. The summed E-state index contributed by atoms with van der Waals surface area (Å²) < 4.78 is 20.9. The van der Waals surface area contributed by atoms with Crippen molar-refractivity contribution in [3.8, 4) is 11.3 Å². The molecule has 6 nitrogen and oxygen atoms in total. The van der Waals surface area contributed by atoms with Crippen molar-refractivity contribution >= 4 is 17.4 Å². The van der Waals surface area contributed by atoms with Crippen molar-refractivity contribution in [3.63, 3.8) is 0 Å². The van der Waals surface area contributed by atoms with Crippen LogP contribution in [0.25, 0.3) is 11.3 Å². The second-order valence-corrected chi connectivity index (χ2v) is 8.21. The largest absolute Gasteiger partial charge is 0.396 e. The average Bonchev–Trinajstić information content (AvgIpc) is 2.80. The molecule has 168 valence electrons. The summed E-state index contributed by atoms with van der Waals surface area (Å²) in [6.07, 6.45) is 3.78. The number of aliphatic hydroxyl groups is 1. The zero-order valence-corrected chi connectivity index (χ0v) is 18.3. The van der Waals surface area contributed by atoms with Crippen LogP contribution in [0.15, 0.2) is 59.5 Å². The molecule has 0 bridgehead atoms. The van der Waals surface area contributed by atoms with Crippen LogP contribution >= 0.6 is 11.6 Å². The molecule has 1 unspecified atom stereocenters. The predicted molar refractivity (Wildman–Crippen MR) is 123 cm³/mol. The highest BCUT2D eigenvalue weighted by molar-refractivity contribution is 6.30. The van der Waals surface area contributed by atoms with Crippen LogP contribution in [0.4, 0.5) is 10.2 Å². The van der Waals surface area contributed by atoms with Gasteiger partial charge in [0.25, 0.3) is 5.56 Å². The highest BCUT2D eigenvalue weighted by Crippen LogP contribution is 2.26. The molecular formula is C24H25ClFN3O3. The molecule has 32 heavy (non-hydrogen) atoms. The number of nitrogens with one attached hydrogen (secondary N) is 1. The maximum absolute atomic E-state index is 14.0. The van der Waals surface area contributed by atoms with Gasteiger partial charge in [-0.25, -0.2) is 9.37 Å². The van der Waals surface area contributed by atoms with E-state index in [9.17, 15) is 14.3 Å². The fraction of sp³-hybridized carbons (Fsp3) is 0.333. The molecule has 1 fully saturated rings. The lowest BCUT2D eigenvalue weighted by Crippen LogP contribution is -2.28. The first-order chi connectivity index (χ1) is 15.5. The quantitative estimate of drug-likeness (QED) is 0.554. The normalized spacial score (nSPS) is 15.5. The first-order valence-corrected chi connectivity index (χ1v) is 11.0. The molecule has 0 saturated carbocycles. The molecule has 1 aromatic carbocycles. The lowest BCUT2D eigenvalue weighted by molar-refractivity contribution is 0.0904. The Balaban J connectivity index is 1.60. The lowest BCUT2D eigenvalue weighted by atomic mass is 10.0. The fourth-order valence-electron chi connectivity index (χ4n) is 3.94. The summed E-state index contributed by atoms with van der Waals surface area (Å²) in [4.78, 5) is 17.6. The van der Waals surface area contributed by atoms with Gasteiger partial charge in [0, 0.05) is 43.7 Å². The molecule has 3 heterocycles. The Bertz CT molecular complexity index is 1130. The number of aliphatic hydroxyl groups excluding tert-OH is 1. The van der Waals surface area contributed by atoms with Gasteiger partial charge in [0.1, 0.15) is 11.6 Å². The zero-order valence-electron chi connectivity index (χ0n) is 17.5. The van der Waals surface area contributed by atoms with Gasteiger partial charge in [-0.05, 0) is 55.2 Å². The van der Waals surface area contributed by atoms with E-state index in [4.69, 9.17) is 16.3 Å². The topological polar surface area (TPSA) is 76.4 Å². The van der Waals surface area contributed by atoms with Crippen molar-refractivity contribution in [1.82, 2.24) is 9.55 Å². The van der Waals surface area contributed by atoms with Gasteiger partial charge < -0.3 is 19.7 Å². The molecule has 0 radical (unpaired) electrons. The van der Waals surface area contributed by atoms with Crippen molar-refractivity contribution in [3.05, 3.63) is 81.5 Å². The molecule has 1 aliphatic heterocycles. The summed E-state index contributed by atoms with van der Waals surface area (Å²) in [6.45, 7) is 1.33. The monoisotopic (exact) mass is 457 g/mol. The summed E-state index contributed by atoms with van der Waals surface area (Å²) >= 11 is 5.79. The molecule has 2 N–H and O–H groups in total. The molecule has 3 aromatic rings. The Hall–Kier alpha value is -2.74. The van der Waals surface area contributed by atoms with E-state index >= 15 is 0 Å². The van der Waals surface area contributed by atoms with E-state index in [1.165, 1.54) is 22.8 Å². The van der Waals surface area contributed by atoms with E-state index in [-0.39, 0.29) is 23.6 Å². The molecule has 0 amide bonds. The third-order valence-corrected chi connectivity index (χ3v) is 5.94. The van der Waals surface area contributed by atoms with Crippen LogP contribution in [-0.2, 0) is 4.74 Å². The van der Waals surface area contributed by atoms with Gasteiger partial charge in [-0.1, -0.05) is 23.7 Å². The number of nitrogens with zero attached hydrogens (tertiary/aromatic N) is 2. The molecular weight excluding hydrogens is 433 g/mol. The summed E-state index contributed by atoms with van der Waals surface area (Å²) in [6, 6.07) is 13.2. The molecule has 4 rings (SSSR count). The van der Waals surface area contributed by atoms with Crippen LogP contribution in [0.1, 0.15) is 30.9 Å². The number of hydrogen-bond acceptors (Lipinski definition) is 5. The third-order valence-electron chi connectivity index (χ3n) is 5.63. The average molecular weight is 458 g/mol. The molecule has 0 spiro atoms. The minimum atomic E-state index is -0.560. The highest BCUT2D eigenvalue weighted by Gasteiger charge is 2.18. The van der Waals surface area contributed by atoms with Crippen LogP contribution in [0.2, 0.25) is 5.02 Å². The maximum atomic E-state index is 14.0. The smallest absolute Gasteiger partial charge is 0.251 e. The number of rotatable bonds is 7. The van der Waals surface area contributed by atoms with Gasteiger partial charge in [0.15, 0.2) is 0 Å². The Kier molecular flexibility index (Phi) is 7.19. The van der Waals surface area contributed by atoms with Crippen LogP contribution in [0.5, 0.6) is 0 Å². The third kappa shape index (κ3) is 5.18. The van der Waals surface area contributed by atoms with Gasteiger partial charge in [-0.2, -0.15) is 0 Å². The summed E-state index contributed by atoms with van der Waals surface area (Å²) in [5, 5.41) is 13.0. The van der Waals surface area contributed by atoms with Gasteiger partial charge in [-0.15, -0.1) is 0 Å². The standard InChI is InChI=1S/C24H25ClFN3O3/c25-19-5-4-17(14-20(19)26)22(7-11-30)29-10-6-16(15-24(29)31)21-2-1-3-23(28-21)27-18-8-12-32-13-9-18/h1-6,10,14-15,18,22,30H,7-9,11-13H2,(H,27,28). The van der Waals surface area contributed by atoms with Crippen LogP contribution < -0.4 is 10.9 Å². The highest BCUT2D eigenvalue weighted by atomic mass is 35.5. The van der Waals surface area contributed by atoms with E-state index in [2.05, 4.69) is 10.3 Å². The van der Waals surface area contributed by atoms with Gasteiger partial charge in [-0.3, -0.25) is 4.79 Å². The van der Waals surface area contributed by atoms with E-state index in [1.807, 2.05) is 18.2 Å². The van der Waals surface area contributed by atoms with Crippen molar-refractivity contribution < 1.29 is 14.2 Å². The number of benzene rings is 1. The summed E-state index contributed by atoms with van der Waals surface area (Å²) in [5.74, 6) is 0.197.